The number of esters is 2. The van der Waals surface area contributed by atoms with E-state index >= 15 is 0 Å². The number of hydrogen-bond donors (Lipinski definition) is 0. The highest BCUT2D eigenvalue weighted by Crippen LogP contribution is 2.47. The summed E-state index contributed by atoms with van der Waals surface area (Å²) in [5.74, 6) is 0.0928. The predicted octanol–water partition coefficient (Wildman–Crippen LogP) is 3.09. The summed E-state index contributed by atoms with van der Waals surface area (Å²) in [5, 5.41) is 0. The Hall–Kier alpha value is -1.06. The number of hydrogen-bond acceptors (Lipinski definition) is 4. The van der Waals surface area contributed by atoms with E-state index in [1.165, 1.54) is 7.11 Å². The molecule has 1 saturated carbocycles. The molecule has 110 valence electrons. The molecule has 0 aliphatic heterocycles. The number of methoxy groups -OCH3 is 1. The van der Waals surface area contributed by atoms with E-state index in [-0.39, 0.29) is 17.4 Å². The van der Waals surface area contributed by atoms with Crippen molar-refractivity contribution < 1.29 is 19.1 Å². The molecule has 1 aliphatic rings. The molecule has 1 aliphatic carbocycles. The number of ether oxygens (including phenoxy) is 2. The van der Waals surface area contributed by atoms with Crippen molar-refractivity contribution in [2.24, 2.45) is 11.3 Å². The summed E-state index contributed by atoms with van der Waals surface area (Å²) >= 11 is 0. The van der Waals surface area contributed by atoms with Crippen LogP contribution >= 0.6 is 0 Å². The molecule has 0 aromatic carbocycles. The normalized spacial score (nSPS) is 27.1. The van der Waals surface area contributed by atoms with E-state index in [4.69, 9.17) is 9.47 Å². The monoisotopic (exact) mass is 270 g/mol. The topological polar surface area (TPSA) is 52.6 Å². The summed E-state index contributed by atoms with van der Waals surface area (Å²) in [6, 6.07) is 0. The molecular weight excluding hydrogens is 244 g/mol. The van der Waals surface area contributed by atoms with E-state index < -0.39 is 5.60 Å². The second-order valence-corrected chi connectivity index (χ2v) is 6.86. The van der Waals surface area contributed by atoms with Crippen LogP contribution in [-0.2, 0) is 19.1 Å². The molecule has 0 aromatic heterocycles. The summed E-state index contributed by atoms with van der Waals surface area (Å²) in [6.45, 7) is 7.73. The molecule has 0 aromatic rings. The van der Waals surface area contributed by atoms with Crippen molar-refractivity contribution in [2.45, 2.75) is 65.4 Å². The van der Waals surface area contributed by atoms with Crippen LogP contribution in [0.4, 0.5) is 0 Å². The van der Waals surface area contributed by atoms with Gasteiger partial charge in [0.2, 0.25) is 0 Å². The molecule has 0 N–H and O–H groups in total. The van der Waals surface area contributed by atoms with Crippen LogP contribution in [0.25, 0.3) is 0 Å². The van der Waals surface area contributed by atoms with Crippen molar-refractivity contribution in [1.82, 2.24) is 0 Å². The van der Waals surface area contributed by atoms with Crippen LogP contribution < -0.4 is 0 Å². The first kappa shape index (κ1) is 16.0. The number of carbonyl (C=O) groups excluding carboxylic acids is 2. The fourth-order valence-corrected chi connectivity index (χ4v) is 2.94. The summed E-state index contributed by atoms with van der Waals surface area (Å²) in [7, 11) is 1.39. The third-order valence-corrected chi connectivity index (χ3v) is 3.64. The van der Waals surface area contributed by atoms with Crippen LogP contribution in [-0.4, -0.2) is 24.6 Å². The molecule has 0 amide bonds. The first-order valence-electron chi connectivity index (χ1n) is 6.94. The van der Waals surface area contributed by atoms with Gasteiger partial charge in [0.15, 0.2) is 0 Å². The fourth-order valence-electron chi connectivity index (χ4n) is 2.94. The van der Waals surface area contributed by atoms with Crippen LogP contribution in [0.5, 0.6) is 0 Å². The molecule has 0 radical (unpaired) electrons. The second kappa shape index (κ2) is 5.93. The molecule has 0 bridgehead atoms. The molecule has 1 fully saturated rings. The maximum absolute atomic E-state index is 12.0. The zero-order chi connectivity index (χ0) is 14.7. The van der Waals surface area contributed by atoms with Gasteiger partial charge in [0.05, 0.1) is 20.0 Å². The summed E-state index contributed by atoms with van der Waals surface area (Å²) in [4.78, 5) is 23.6. The van der Waals surface area contributed by atoms with E-state index in [0.29, 0.717) is 18.8 Å². The largest absolute Gasteiger partial charge is 0.469 e. The smallest absolute Gasteiger partial charge is 0.306 e. The highest BCUT2D eigenvalue weighted by Gasteiger charge is 2.42. The highest BCUT2D eigenvalue weighted by molar-refractivity contribution is 5.74. The number of carbonyl (C=O) groups is 2. The van der Waals surface area contributed by atoms with Crippen LogP contribution in [0.2, 0.25) is 0 Å². The SMILES string of the molecule is COC(=O)CC1(CC(=O)OC(C)(C)C)CCC(C)C1. The molecule has 4 nitrogen and oxygen atoms in total. The quantitative estimate of drug-likeness (QED) is 0.737. The Morgan fingerprint density at radius 3 is 2.21 bits per heavy atom. The lowest BCUT2D eigenvalue weighted by atomic mass is 9.79. The van der Waals surface area contributed by atoms with Crippen LogP contribution in [0, 0.1) is 11.3 Å². The zero-order valence-electron chi connectivity index (χ0n) is 12.7. The van der Waals surface area contributed by atoms with Crippen molar-refractivity contribution in [3.63, 3.8) is 0 Å². The van der Waals surface area contributed by atoms with E-state index in [2.05, 4.69) is 6.92 Å². The van der Waals surface area contributed by atoms with Crippen molar-refractivity contribution in [3.05, 3.63) is 0 Å². The van der Waals surface area contributed by atoms with E-state index in [0.717, 1.165) is 19.3 Å². The summed E-state index contributed by atoms with van der Waals surface area (Å²) in [5.41, 5.74) is -0.747. The van der Waals surface area contributed by atoms with Crippen molar-refractivity contribution >= 4 is 11.9 Å². The van der Waals surface area contributed by atoms with Crippen molar-refractivity contribution in [3.8, 4) is 0 Å². The first-order chi connectivity index (χ1) is 8.66. The lowest BCUT2D eigenvalue weighted by molar-refractivity contribution is -0.158. The van der Waals surface area contributed by atoms with Gasteiger partial charge in [-0.15, -0.1) is 0 Å². The highest BCUT2D eigenvalue weighted by atomic mass is 16.6. The second-order valence-electron chi connectivity index (χ2n) is 6.86. The minimum atomic E-state index is -0.478. The Bertz CT molecular complexity index is 343. The third-order valence-electron chi connectivity index (χ3n) is 3.64. The Labute approximate surface area is 115 Å². The fraction of sp³-hybridized carbons (Fsp3) is 0.867. The minimum Gasteiger partial charge on any atom is -0.469 e. The third kappa shape index (κ3) is 5.21. The standard InChI is InChI=1S/C15H26O4/c1-11-6-7-15(8-11,9-12(16)18-5)10-13(17)19-14(2,3)4/h11H,6-10H2,1-5H3. The van der Waals surface area contributed by atoms with Gasteiger partial charge in [0.1, 0.15) is 5.60 Å². The van der Waals surface area contributed by atoms with Gasteiger partial charge in [-0.3, -0.25) is 9.59 Å². The van der Waals surface area contributed by atoms with Gasteiger partial charge in [-0.25, -0.2) is 0 Å². The molecule has 0 saturated heterocycles. The maximum Gasteiger partial charge on any atom is 0.306 e. The lowest BCUT2D eigenvalue weighted by Gasteiger charge is -2.29. The van der Waals surface area contributed by atoms with Crippen molar-refractivity contribution in [2.75, 3.05) is 7.11 Å². The molecule has 2 atom stereocenters. The molecular formula is C15H26O4. The first-order valence-corrected chi connectivity index (χ1v) is 6.94. The molecule has 4 heteroatoms. The van der Waals surface area contributed by atoms with E-state index in [1.54, 1.807) is 0 Å². The molecule has 0 heterocycles. The van der Waals surface area contributed by atoms with Crippen LogP contribution in [0.1, 0.15) is 59.8 Å². The van der Waals surface area contributed by atoms with Crippen LogP contribution in [0.3, 0.4) is 0 Å². The van der Waals surface area contributed by atoms with Gasteiger partial charge in [-0.1, -0.05) is 13.3 Å². The van der Waals surface area contributed by atoms with E-state index in [1.807, 2.05) is 20.8 Å². The molecule has 19 heavy (non-hydrogen) atoms. The lowest BCUT2D eigenvalue weighted by Crippen LogP contribution is -2.31. The average molecular weight is 270 g/mol. The van der Waals surface area contributed by atoms with Crippen molar-refractivity contribution in [1.29, 1.82) is 0 Å². The van der Waals surface area contributed by atoms with Gasteiger partial charge in [0.25, 0.3) is 0 Å². The Balaban J connectivity index is 2.70. The van der Waals surface area contributed by atoms with E-state index in [9.17, 15) is 9.59 Å². The molecule has 1 rings (SSSR count). The maximum atomic E-state index is 12.0. The Morgan fingerprint density at radius 2 is 1.79 bits per heavy atom. The summed E-state index contributed by atoms with van der Waals surface area (Å²) in [6.07, 6.45) is 3.46. The predicted molar refractivity (Wildman–Crippen MR) is 72.5 cm³/mol. The van der Waals surface area contributed by atoms with Crippen LogP contribution in [0.15, 0.2) is 0 Å². The van der Waals surface area contributed by atoms with Gasteiger partial charge < -0.3 is 9.47 Å². The average Bonchev–Trinajstić information content (AvgIpc) is 2.56. The zero-order valence-corrected chi connectivity index (χ0v) is 12.7. The van der Waals surface area contributed by atoms with Gasteiger partial charge in [-0.2, -0.15) is 0 Å². The summed E-state index contributed by atoms with van der Waals surface area (Å²) < 4.78 is 10.1. The Kier molecular flexibility index (Phi) is 4.99. The molecule has 2 unspecified atom stereocenters. The van der Waals surface area contributed by atoms with Gasteiger partial charge >= 0.3 is 11.9 Å². The minimum absolute atomic E-state index is 0.217. The van der Waals surface area contributed by atoms with Gasteiger partial charge in [-0.05, 0) is 44.9 Å². The molecule has 0 spiro atoms. The van der Waals surface area contributed by atoms with Gasteiger partial charge in [0, 0.05) is 0 Å². The Morgan fingerprint density at radius 1 is 1.21 bits per heavy atom. The number of rotatable bonds is 4.